The maximum atomic E-state index is 12.5. The first kappa shape index (κ1) is 13.7. The summed E-state index contributed by atoms with van der Waals surface area (Å²) >= 11 is 6.04. The van der Waals surface area contributed by atoms with Gasteiger partial charge in [-0.1, -0.05) is 11.6 Å². The predicted molar refractivity (Wildman–Crippen MR) is 72.9 cm³/mol. The minimum absolute atomic E-state index is 0.0258. The lowest BCUT2D eigenvalue weighted by molar-refractivity contribution is -0.183. The molecule has 1 aromatic carbocycles. The Kier molecular flexibility index (Phi) is 3.58. The van der Waals surface area contributed by atoms with Crippen molar-refractivity contribution >= 4 is 17.5 Å². The average molecular weight is 298 g/mol. The fraction of sp³-hybridized carbons (Fsp3) is 0.500. The third-order valence-electron chi connectivity index (χ3n) is 3.70. The minimum Gasteiger partial charge on any atom is -0.508 e. The Balaban J connectivity index is 1.81. The quantitative estimate of drug-likeness (QED) is 0.861. The summed E-state index contributed by atoms with van der Waals surface area (Å²) in [5, 5.41) is 9.84. The first-order valence-corrected chi connectivity index (χ1v) is 7.03. The van der Waals surface area contributed by atoms with Gasteiger partial charge in [-0.05, 0) is 24.6 Å². The first-order valence-electron chi connectivity index (χ1n) is 6.65. The molecule has 2 aliphatic rings. The molecule has 0 unspecified atom stereocenters. The zero-order chi connectivity index (χ0) is 14.2. The third kappa shape index (κ3) is 2.49. The molecule has 1 amide bonds. The van der Waals surface area contributed by atoms with Crippen molar-refractivity contribution in [2.45, 2.75) is 18.6 Å². The summed E-state index contributed by atoms with van der Waals surface area (Å²) in [7, 11) is 0. The van der Waals surface area contributed by atoms with Crippen LogP contribution in [0.15, 0.2) is 18.2 Å². The number of carbonyl (C=O) groups excluding carboxylic acids is 1. The molecule has 0 aromatic heterocycles. The van der Waals surface area contributed by atoms with Crippen LogP contribution in [0.5, 0.6) is 5.75 Å². The Morgan fingerprint density at radius 1 is 1.35 bits per heavy atom. The van der Waals surface area contributed by atoms with Crippen molar-refractivity contribution in [1.29, 1.82) is 0 Å². The van der Waals surface area contributed by atoms with Crippen molar-refractivity contribution in [2.24, 2.45) is 0 Å². The predicted octanol–water partition coefficient (Wildman–Crippen LogP) is 2.02. The summed E-state index contributed by atoms with van der Waals surface area (Å²) in [6.07, 6.45) is 1.62. The highest BCUT2D eigenvalue weighted by Crippen LogP contribution is 2.32. The van der Waals surface area contributed by atoms with Crippen molar-refractivity contribution in [3.8, 4) is 5.75 Å². The van der Waals surface area contributed by atoms with Crippen molar-refractivity contribution in [3.05, 3.63) is 28.8 Å². The summed E-state index contributed by atoms with van der Waals surface area (Å²) < 4.78 is 11.3. The van der Waals surface area contributed by atoms with E-state index < -0.39 is 5.79 Å². The molecule has 1 spiro atoms. The van der Waals surface area contributed by atoms with Gasteiger partial charge in [0.2, 0.25) is 0 Å². The average Bonchev–Trinajstić information content (AvgIpc) is 2.88. The van der Waals surface area contributed by atoms with Crippen molar-refractivity contribution in [1.82, 2.24) is 4.90 Å². The summed E-state index contributed by atoms with van der Waals surface area (Å²) in [4.78, 5) is 14.2. The summed E-state index contributed by atoms with van der Waals surface area (Å²) in [6.45, 7) is 2.17. The number of aromatic hydroxyl groups is 1. The lowest BCUT2D eigenvalue weighted by Gasteiger charge is -2.38. The van der Waals surface area contributed by atoms with E-state index in [0.29, 0.717) is 36.9 Å². The van der Waals surface area contributed by atoms with Gasteiger partial charge in [-0.15, -0.1) is 0 Å². The van der Waals surface area contributed by atoms with Crippen molar-refractivity contribution in [3.63, 3.8) is 0 Å². The number of halogens is 1. The number of likely N-dealkylation sites (tertiary alicyclic amines) is 1. The first-order chi connectivity index (χ1) is 9.60. The summed E-state index contributed by atoms with van der Waals surface area (Å²) in [5.74, 6) is -0.834. The van der Waals surface area contributed by atoms with Gasteiger partial charge in [0.25, 0.3) is 5.91 Å². The molecule has 0 atom stereocenters. The molecule has 20 heavy (non-hydrogen) atoms. The van der Waals surface area contributed by atoms with E-state index in [2.05, 4.69) is 0 Å². The lowest BCUT2D eigenvalue weighted by atomic mass is 10.0. The van der Waals surface area contributed by atoms with Gasteiger partial charge in [0.1, 0.15) is 5.75 Å². The number of benzene rings is 1. The third-order valence-corrected chi connectivity index (χ3v) is 4.03. The Morgan fingerprint density at radius 2 is 2.10 bits per heavy atom. The molecule has 2 saturated heterocycles. The zero-order valence-electron chi connectivity index (χ0n) is 11.0. The molecule has 6 heteroatoms. The van der Waals surface area contributed by atoms with Crippen LogP contribution in [-0.4, -0.2) is 48.0 Å². The number of piperidine rings is 1. The molecule has 108 valence electrons. The van der Waals surface area contributed by atoms with Gasteiger partial charge in [-0.2, -0.15) is 0 Å². The van der Waals surface area contributed by atoms with Gasteiger partial charge < -0.3 is 19.5 Å². The zero-order valence-corrected chi connectivity index (χ0v) is 11.7. The molecule has 0 bridgehead atoms. The number of nitrogens with zero attached hydrogens (tertiary/aromatic N) is 1. The fourth-order valence-electron chi connectivity index (χ4n) is 2.74. The van der Waals surface area contributed by atoms with Gasteiger partial charge in [-0.25, -0.2) is 0 Å². The highest BCUT2D eigenvalue weighted by Gasteiger charge is 2.42. The van der Waals surface area contributed by atoms with Crippen LogP contribution in [0.3, 0.4) is 0 Å². The van der Waals surface area contributed by atoms with Crippen LogP contribution in [0, 0.1) is 0 Å². The van der Waals surface area contributed by atoms with E-state index in [9.17, 15) is 9.90 Å². The number of carbonyl (C=O) groups is 1. The van der Waals surface area contributed by atoms with Gasteiger partial charge >= 0.3 is 0 Å². The van der Waals surface area contributed by atoms with E-state index in [-0.39, 0.29) is 11.7 Å². The highest BCUT2D eigenvalue weighted by atomic mass is 35.5. The number of phenols is 1. The minimum atomic E-state index is -0.656. The maximum Gasteiger partial charge on any atom is 0.255 e. The molecule has 0 saturated carbocycles. The molecular weight excluding hydrogens is 282 g/mol. The van der Waals surface area contributed by atoms with Gasteiger partial charge in [0.15, 0.2) is 5.79 Å². The number of amides is 1. The highest BCUT2D eigenvalue weighted by molar-refractivity contribution is 6.33. The molecule has 2 heterocycles. The number of phenolic OH excluding ortho intramolecular Hbond substituents is 1. The molecule has 2 aliphatic heterocycles. The Hall–Kier alpha value is -1.30. The van der Waals surface area contributed by atoms with Gasteiger partial charge in [0.05, 0.1) is 30.3 Å². The Labute approximate surface area is 122 Å². The summed E-state index contributed by atoms with van der Waals surface area (Å²) in [5.41, 5.74) is 0.307. The molecular formula is C14H16ClNO4. The van der Waals surface area contributed by atoms with E-state index in [1.807, 2.05) is 0 Å². The second kappa shape index (κ2) is 5.24. The smallest absolute Gasteiger partial charge is 0.255 e. The monoisotopic (exact) mass is 297 g/mol. The maximum absolute atomic E-state index is 12.5. The number of hydrogen-bond donors (Lipinski definition) is 1. The number of ether oxygens (including phenoxy) is 2. The topological polar surface area (TPSA) is 59.0 Å². The largest absolute Gasteiger partial charge is 0.508 e. The molecule has 5 nitrogen and oxygen atoms in total. The SMILES string of the molecule is O=C(c1cc(O)ccc1Cl)N1CCCC2(C1)OCCO2. The summed E-state index contributed by atoms with van der Waals surface area (Å²) in [6, 6.07) is 4.37. The van der Waals surface area contributed by atoms with Crippen molar-refractivity contribution < 1.29 is 19.4 Å². The van der Waals surface area contributed by atoms with E-state index in [4.69, 9.17) is 21.1 Å². The lowest BCUT2D eigenvalue weighted by Crippen LogP contribution is -2.51. The Bertz CT molecular complexity index is 528. The van der Waals surface area contributed by atoms with Crippen LogP contribution >= 0.6 is 11.6 Å². The molecule has 1 N–H and O–H groups in total. The van der Waals surface area contributed by atoms with Crippen LogP contribution in [0.25, 0.3) is 0 Å². The van der Waals surface area contributed by atoms with Crippen LogP contribution in [0.2, 0.25) is 5.02 Å². The van der Waals surface area contributed by atoms with E-state index in [1.165, 1.54) is 18.2 Å². The molecule has 0 aliphatic carbocycles. The molecule has 3 rings (SSSR count). The van der Waals surface area contributed by atoms with Crippen LogP contribution in [-0.2, 0) is 9.47 Å². The van der Waals surface area contributed by atoms with E-state index in [1.54, 1.807) is 4.90 Å². The number of rotatable bonds is 1. The van der Waals surface area contributed by atoms with Crippen LogP contribution in [0.1, 0.15) is 23.2 Å². The standard InChI is InChI=1S/C14H16ClNO4/c15-12-3-2-10(17)8-11(12)13(18)16-5-1-4-14(9-16)19-6-7-20-14/h2-3,8,17H,1,4-7,9H2. The molecule has 1 aromatic rings. The Morgan fingerprint density at radius 3 is 2.85 bits per heavy atom. The van der Waals surface area contributed by atoms with E-state index in [0.717, 1.165) is 12.8 Å². The molecule has 2 fully saturated rings. The van der Waals surface area contributed by atoms with Crippen LogP contribution in [0.4, 0.5) is 0 Å². The fourth-order valence-corrected chi connectivity index (χ4v) is 2.94. The van der Waals surface area contributed by atoms with Crippen LogP contribution < -0.4 is 0 Å². The number of hydrogen-bond acceptors (Lipinski definition) is 4. The van der Waals surface area contributed by atoms with Gasteiger partial charge in [0, 0.05) is 13.0 Å². The van der Waals surface area contributed by atoms with Gasteiger partial charge in [-0.3, -0.25) is 4.79 Å². The van der Waals surface area contributed by atoms with Crippen molar-refractivity contribution in [2.75, 3.05) is 26.3 Å². The normalized spacial score (nSPS) is 21.4. The second-order valence-corrected chi connectivity index (χ2v) is 5.51. The molecule has 0 radical (unpaired) electrons. The van der Waals surface area contributed by atoms with E-state index >= 15 is 0 Å². The second-order valence-electron chi connectivity index (χ2n) is 5.10.